The monoisotopic (exact) mass is 476 g/mol. The van der Waals surface area contributed by atoms with Crippen molar-refractivity contribution < 1.29 is 22.5 Å². The minimum absolute atomic E-state index is 0.459. The minimum atomic E-state index is -2.03. The SMILES string of the molecule is C[Si](C)O[Si](C)(C)c1cccc(OC(=O)Oc2cccc([Si](C)(C)O[Si](C)C)c2)c1. The van der Waals surface area contributed by atoms with Gasteiger partial charge in [-0.05, 0) is 87.0 Å². The normalized spacial score (nSPS) is 12.3. The fraction of sp³-hybridized carbons (Fsp3) is 0.381. The van der Waals surface area contributed by atoms with Crippen LogP contribution in [0.2, 0.25) is 52.4 Å². The number of hydrogen-bond donors (Lipinski definition) is 0. The van der Waals surface area contributed by atoms with Crippen molar-refractivity contribution >= 4 is 51.2 Å². The number of carbonyl (C=O) groups is 1. The Hall–Kier alpha value is -1.50. The summed E-state index contributed by atoms with van der Waals surface area (Å²) in [5.41, 5.74) is 0. The summed E-state index contributed by atoms with van der Waals surface area (Å²) in [5.74, 6) is 0.919. The van der Waals surface area contributed by atoms with E-state index in [2.05, 4.69) is 52.4 Å². The zero-order valence-corrected chi connectivity index (χ0v) is 23.2. The summed E-state index contributed by atoms with van der Waals surface area (Å²) in [4.78, 5) is 12.4. The van der Waals surface area contributed by atoms with Crippen LogP contribution in [0.25, 0.3) is 0 Å². The van der Waals surface area contributed by atoms with Crippen LogP contribution in [-0.4, -0.2) is 40.9 Å². The lowest BCUT2D eigenvalue weighted by molar-refractivity contribution is 0.152. The van der Waals surface area contributed by atoms with Crippen LogP contribution in [0.4, 0.5) is 4.79 Å². The van der Waals surface area contributed by atoms with Gasteiger partial charge < -0.3 is 17.7 Å². The van der Waals surface area contributed by atoms with Crippen molar-refractivity contribution in [2.75, 3.05) is 0 Å². The summed E-state index contributed by atoms with van der Waals surface area (Å²) in [6.45, 7) is 17.1. The smallest absolute Gasteiger partial charge is 0.452 e. The molecule has 5 nitrogen and oxygen atoms in total. The zero-order chi connectivity index (χ0) is 22.5. The summed E-state index contributed by atoms with van der Waals surface area (Å²) in [6, 6.07) is 15.1. The molecule has 0 unspecified atom stereocenters. The van der Waals surface area contributed by atoms with Gasteiger partial charge in [-0.3, -0.25) is 0 Å². The molecule has 2 radical (unpaired) electrons. The van der Waals surface area contributed by atoms with Crippen LogP contribution in [0.5, 0.6) is 11.5 Å². The first-order valence-electron chi connectivity index (χ1n) is 9.98. The molecule has 0 amide bonds. The number of hydrogen-bond acceptors (Lipinski definition) is 5. The van der Waals surface area contributed by atoms with E-state index < -0.39 is 40.9 Å². The van der Waals surface area contributed by atoms with Crippen LogP contribution in [-0.2, 0) is 8.23 Å². The van der Waals surface area contributed by atoms with Crippen LogP contribution in [0.1, 0.15) is 0 Å². The molecular formula is C21H32O5Si4. The third-order valence-electron chi connectivity index (χ3n) is 4.38. The minimum Gasteiger partial charge on any atom is -0.452 e. The fourth-order valence-corrected chi connectivity index (χ4v) is 14.3. The molecule has 0 aliphatic carbocycles. The van der Waals surface area contributed by atoms with E-state index in [1.807, 2.05) is 36.4 Å². The van der Waals surface area contributed by atoms with E-state index in [9.17, 15) is 4.79 Å². The Morgan fingerprint density at radius 3 is 1.40 bits per heavy atom. The van der Waals surface area contributed by atoms with E-state index >= 15 is 0 Å². The maximum atomic E-state index is 12.4. The second kappa shape index (κ2) is 10.2. The van der Waals surface area contributed by atoms with Crippen LogP contribution in [0.15, 0.2) is 48.5 Å². The number of benzene rings is 2. The second-order valence-electron chi connectivity index (χ2n) is 8.55. The van der Waals surface area contributed by atoms with Crippen molar-refractivity contribution in [1.82, 2.24) is 0 Å². The van der Waals surface area contributed by atoms with E-state index in [0.29, 0.717) is 11.5 Å². The van der Waals surface area contributed by atoms with Crippen molar-refractivity contribution in [1.29, 1.82) is 0 Å². The van der Waals surface area contributed by atoms with E-state index in [1.54, 1.807) is 12.1 Å². The maximum Gasteiger partial charge on any atom is 0.519 e. The van der Waals surface area contributed by atoms with Gasteiger partial charge in [0.1, 0.15) is 11.5 Å². The van der Waals surface area contributed by atoms with Gasteiger partial charge in [-0.15, -0.1) is 0 Å². The van der Waals surface area contributed by atoms with E-state index in [0.717, 1.165) is 10.4 Å². The Morgan fingerprint density at radius 2 is 1.07 bits per heavy atom. The third kappa shape index (κ3) is 7.32. The Morgan fingerprint density at radius 1 is 0.700 bits per heavy atom. The molecule has 0 atom stereocenters. The first-order chi connectivity index (χ1) is 13.9. The van der Waals surface area contributed by atoms with E-state index in [4.69, 9.17) is 17.7 Å². The molecule has 0 aliphatic heterocycles. The highest BCUT2D eigenvalue weighted by molar-refractivity contribution is 6.89. The molecule has 2 aromatic carbocycles. The first-order valence-corrected chi connectivity index (χ1v) is 20.6. The molecule has 0 bridgehead atoms. The molecule has 0 fully saturated rings. The Labute approximate surface area is 186 Å². The fourth-order valence-electron chi connectivity index (χ4n) is 3.22. The average Bonchev–Trinajstić information content (AvgIpc) is 2.60. The standard InChI is InChI=1S/C21H32O5Si4/c1-27(2)25-29(5,6)19-13-9-11-17(15-19)23-21(22)24-18-12-10-14-20(16-18)30(7,8)26-28(3)4/h9-16H,1-8H3. The summed E-state index contributed by atoms with van der Waals surface area (Å²) in [7, 11) is -5.70. The zero-order valence-electron chi connectivity index (χ0n) is 19.2. The van der Waals surface area contributed by atoms with Gasteiger partial charge in [-0.2, -0.15) is 0 Å². The molecule has 2 rings (SSSR count). The molecule has 0 heterocycles. The van der Waals surface area contributed by atoms with Gasteiger partial charge in [-0.1, -0.05) is 24.3 Å². The lowest BCUT2D eigenvalue weighted by atomic mass is 10.3. The predicted molar refractivity (Wildman–Crippen MR) is 131 cm³/mol. The number of ether oxygens (including phenoxy) is 2. The van der Waals surface area contributed by atoms with E-state index in [-0.39, 0.29) is 0 Å². The lowest BCUT2D eigenvalue weighted by Crippen LogP contribution is -2.47. The Balaban J connectivity index is 2.10. The van der Waals surface area contributed by atoms with Gasteiger partial charge in [0, 0.05) is 0 Å². The molecule has 2 aromatic rings. The highest BCUT2D eigenvalue weighted by Gasteiger charge is 2.28. The summed E-state index contributed by atoms with van der Waals surface area (Å²) in [5, 5.41) is 2.17. The predicted octanol–water partition coefficient (Wildman–Crippen LogP) is 4.62. The quantitative estimate of drug-likeness (QED) is 0.316. The Kier molecular flexibility index (Phi) is 8.42. The van der Waals surface area contributed by atoms with Crippen LogP contribution in [0, 0.1) is 0 Å². The molecule has 0 N–H and O–H groups in total. The largest absolute Gasteiger partial charge is 0.519 e. The Bertz CT molecular complexity index is 798. The molecule has 0 saturated carbocycles. The molecule has 162 valence electrons. The van der Waals surface area contributed by atoms with E-state index in [1.165, 1.54) is 0 Å². The number of rotatable bonds is 8. The number of carbonyl (C=O) groups excluding carboxylic acids is 1. The topological polar surface area (TPSA) is 54.0 Å². The van der Waals surface area contributed by atoms with Crippen LogP contribution in [0.3, 0.4) is 0 Å². The summed E-state index contributed by atoms with van der Waals surface area (Å²) >= 11 is 0. The first kappa shape index (κ1) is 24.8. The van der Waals surface area contributed by atoms with Gasteiger partial charge in [0.2, 0.25) is 16.6 Å². The second-order valence-corrected chi connectivity index (χ2v) is 21.0. The highest BCUT2D eigenvalue weighted by atomic mass is 28.4. The molecule has 9 heteroatoms. The highest BCUT2D eigenvalue weighted by Crippen LogP contribution is 2.17. The van der Waals surface area contributed by atoms with Crippen molar-refractivity contribution in [2.45, 2.75) is 52.4 Å². The molecular weight excluding hydrogens is 445 g/mol. The van der Waals surface area contributed by atoms with Crippen LogP contribution < -0.4 is 19.8 Å². The van der Waals surface area contributed by atoms with Gasteiger partial charge in [0.05, 0.1) is 0 Å². The van der Waals surface area contributed by atoms with Crippen molar-refractivity contribution in [3.05, 3.63) is 48.5 Å². The third-order valence-corrected chi connectivity index (χ3v) is 15.1. The van der Waals surface area contributed by atoms with Gasteiger partial charge in [0.25, 0.3) is 0 Å². The molecule has 0 aromatic heterocycles. The molecule has 0 aliphatic rings. The maximum absolute atomic E-state index is 12.4. The van der Waals surface area contributed by atoms with Crippen molar-refractivity contribution in [3.63, 3.8) is 0 Å². The molecule has 0 spiro atoms. The van der Waals surface area contributed by atoms with Crippen molar-refractivity contribution in [2.24, 2.45) is 0 Å². The van der Waals surface area contributed by atoms with Crippen molar-refractivity contribution in [3.8, 4) is 11.5 Å². The average molecular weight is 477 g/mol. The lowest BCUT2D eigenvalue weighted by Gasteiger charge is -2.26. The molecule has 0 saturated heterocycles. The van der Waals surface area contributed by atoms with Gasteiger partial charge in [0.15, 0.2) is 18.1 Å². The summed E-state index contributed by atoms with van der Waals surface area (Å²) < 4.78 is 23.3. The summed E-state index contributed by atoms with van der Waals surface area (Å²) in [6.07, 6.45) is -0.753. The molecule has 30 heavy (non-hydrogen) atoms. The van der Waals surface area contributed by atoms with Crippen LogP contribution >= 0.6 is 0 Å². The van der Waals surface area contributed by atoms with Gasteiger partial charge >= 0.3 is 6.16 Å². The van der Waals surface area contributed by atoms with Gasteiger partial charge in [-0.25, -0.2) is 4.79 Å².